The van der Waals surface area contributed by atoms with Gasteiger partial charge in [0, 0.05) is 11.4 Å². The van der Waals surface area contributed by atoms with Crippen LogP contribution in [0.5, 0.6) is 0 Å². The summed E-state index contributed by atoms with van der Waals surface area (Å²) in [7, 11) is 0. The summed E-state index contributed by atoms with van der Waals surface area (Å²) in [4.78, 5) is 0. The van der Waals surface area contributed by atoms with Crippen LogP contribution in [-0.4, -0.2) is 11.2 Å². The summed E-state index contributed by atoms with van der Waals surface area (Å²) in [6.07, 6.45) is 6.99. The van der Waals surface area contributed by atoms with Crippen molar-refractivity contribution in [1.29, 1.82) is 0 Å². The van der Waals surface area contributed by atoms with Crippen molar-refractivity contribution < 1.29 is 9.50 Å². The zero-order valence-corrected chi connectivity index (χ0v) is 11.3. The van der Waals surface area contributed by atoms with Crippen molar-refractivity contribution in [3.63, 3.8) is 0 Å². The molecule has 0 saturated heterocycles. The molecule has 1 fully saturated rings. The van der Waals surface area contributed by atoms with E-state index in [0.29, 0.717) is 22.9 Å². The van der Waals surface area contributed by atoms with Crippen LogP contribution in [0.15, 0.2) is 18.2 Å². The number of hydrogen-bond donors (Lipinski definition) is 1. The molecule has 0 aliphatic heterocycles. The Morgan fingerprint density at radius 2 is 1.89 bits per heavy atom. The first-order valence-electron chi connectivity index (χ1n) is 6.79. The fraction of sp³-hybridized carbons (Fsp3) is 0.600. The second-order valence-corrected chi connectivity index (χ2v) is 5.70. The average Bonchev–Trinajstić information content (AvgIpc) is 2.61. The number of halogens is 2. The smallest absolute Gasteiger partial charge is 0.127 e. The quantitative estimate of drug-likeness (QED) is 0.810. The van der Waals surface area contributed by atoms with Gasteiger partial charge in [-0.2, -0.15) is 0 Å². The van der Waals surface area contributed by atoms with Crippen LogP contribution in [0, 0.1) is 11.7 Å². The Morgan fingerprint density at radius 1 is 1.22 bits per heavy atom. The summed E-state index contributed by atoms with van der Waals surface area (Å²) in [6, 6.07) is 4.67. The summed E-state index contributed by atoms with van der Waals surface area (Å²) in [5.74, 6) is 0.0118. The molecule has 1 aromatic rings. The second-order valence-electron chi connectivity index (χ2n) is 5.26. The van der Waals surface area contributed by atoms with E-state index in [1.54, 1.807) is 12.1 Å². The van der Waals surface area contributed by atoms with Gasteiger partial charge in [-0.15, -0.1) is 0 Å². The SMILES string of the molecule is OC(Cc1ccc(Cl)cc1F)C1CCCCCC1. The van der Waals surface area contributed by atoms with Crippen LogP contribution in [0.2, 0.25) is 5.02 Å². The Bertz CT molecular complexity index is 386. The maximum Gasteiger partial charge on any atom is 0.127 e. The molecule has 1 aromatic carbocycles. The Labute approximate surface area is 113 Å². The van der Waals surface area contributed by atoms with Gasteiger partial charge in [0.15, 0.2) is 0 Å². The van der Waals surface area contributed by atoms with Crippen LogP contribution < -0.4 is 0 Å². The molecule has 3 heteroatoms. The molecule has 100 valence electrons. The normalized spacial score (nSPS) is 19.5. The van der Waals surface area contributed by atoms with Crippen molar-refractivity contribution in [2.45, 2.75) is 51.0 Å². The van der Waals surface area contributed by atoms with Gasteiger partial charge in [0.05, 0.1) is 6.10 Å². The zero-order valence-electron chi connectivity index (χ0n) is 10.5. The highest BCUT2D eigenvalue weighted by atomic mass is 35.5. The predicted octanol–water partition coefficient (Wildman–Crippen LogP) is 4.35. The van der Waals surface area contributed by atoms with Gasteiger partial charge < -0.3 is 5.11 Å². The molecule has 1 N–H and O–H groups in total. The first-order valence-corrected chi connectivity index (χ1v) is 7.16. The van der Waals surface area contributed by atoms with Crippen LogP contribution in [0.4, 0.5) is 4.39 Å². The van der Waals surface area contributed by atoms with E-state index in [2.05, 4.69) is 0 Å². The lowest BCUT2D eigenvalue weighted by Crippen LogP contribution is -2.23. The van der Waals surface area contributed by atoms with Crippen molar-refractivity contribution in [3.8, 4) is 0 Å². The minimum Gasteiger partial charge on any atom is -0.392 e. The third-order valence-corrected chi connectivity index (χ3v) is 4.12. The van der Waals surface area contributed by atoms with Gasteiger partial charge in [0.1, 0.15) is 5.82 Å². The lowest BCUT2D eigenvalue weighted by Gasteiger charge is -2.21. The van der Waals surface area contributed by atoms with Gasteiger partial charge in [-0.1, -0.05) is 43.4 Å². The molecule has 1 nitrogen and oxygen atoms in total. The van der Waals surface area contributed by atoms with Crippen molar-refractivity contribution >= 4 is 11.6 Å². The van der Waals surface area contributed by atoms with Gasteiger partial charge in [-0.25, -0.2) is 4.39 Å². The average molecular weight is 271 g/mol. The molecule has 0 spiro atoms. The number of benzene rings is 1. The van der Waals surface area contributed by atoms with E-state index in [1.807, 2.05) is 0 Å². The minimum atomic E-state index is -0.432. The fourth-order valence-electron chi connectivity index (χ4n) is 2.77. The second kappa shape index (κ2) is 6.53. The highest BCUT2D eigenvalue weighted by molar-refractivity contribution is 6.30. The summed E-state index contributed by atoms with van der Waals surface area (Å²) >= 11 is 5.72. The molecule has 1 saturated carbocycles. The molecule has 1 atom stereocenters. The summed E-state index contributed by atoms with van der Waals surface area (Å²) < 4.78 is 13.7. The largest absolute Gasteiger partial charge is 0.392 e. The Hall–Kier alpha value is -0.600. The van der Waals surface area contributed by atoms with E-state index in [9.17, 15) is 9.50 Å². The lowest BCUT2D eigenvalue weighted by atomic mass is 9.90. The molecular weight excluding hydrogens is 251 g/mol. The topological polar surface area (TPSA) is 20.2 Å². The summed E-state index contributed by atoms with van der Waals surface area (Å²) in [5, 5.41) is 10.6. The van der Waals surface area contributed by atoms with E-state index in [0.717, 1.165) is 12.8 Å². The molecule has 1 aliphatic rings. The monoisotopic (exact) mass is 270 g/mol. The van der Waals surface area contributed by atoms with E-state index in [1.165, 1.54) is 31.7 Å². The maximum atomic E-state index is 13.7. The molecule has 18 heavy (non-hydrogen) atoms. The number of aliphatic hydroxyl groups excluding tert-OH is 1. The van der Waals surface area contributed by atoms with Gasteiger partial charge >= 0.3 is 0 Å². The van der Waals surface area contributed by atoms with E-state index >= 15 is 0 Å². The van der Waals surface area contributed by atoms with Crippen molar-refractivity contribution in [2.75, 3.05) is 0 Å². The zero-order chi connectivity index (χ0) is 13.0. The van der Waals surface area contributed by atoms with Gasteiger partial charge in [-0.05, 0) is 36.5 Å². The van der Waals surface area contributed by atoms with Crippen LogP contribution in [0.25, 0.3) is 0 Å². The molecule has 1 aliphatic carbocycles. The Morgan fingerprint density at radius 3 is 2.50 bits per heavy atom. The van der Waals surface area contributed by atoms with E-state index in [-0.39, 0.29) is 5.82 Å². The van der Waals surface area contributed by atoms with Crippen LogP contribution >= 0.6 is 11.6 Å². The van der Waals surface area contributed by atoms with E-state index in [4.69, 9.17) is 11.6 Å². The van der Waals surface area contributed by atoms with Crippen molar-refractivity contribution in [1.82, 2.24) is 0 Å². The van der Waals surface area contributed by atoms with Gasteiger partial charge in [-0.3, -0.25) is 0 Å². The third-order valence-electron chi connectivity index (χ3n) is 3.89. The predicted molar refractivity (Wildman–Crippen MR) is 72.3 cm³/mol. The highest BCUT2D eigenvalue weighted by Crippen LogP contribution is 2.27. The fourth-order valence-corrected chi connectivity index (χ4v) is 2.93. The first-order chi connectivity index (χ1) is 8.66. The molecular formula is C15H20ClFO. The van der Waals surface area contributed by atoms with Crippen molar-refractivity contribution in [2.24, 2.45) is 5.92 Å². The summed E-state index contributed by atoms with van der Waals surface area (Å²) in [5.41, 5.74) is 0.566. The molecule has 0 radical (unpaired) electrons. The standard InChI is InChI=1S/C15H20ClFO/c16-13-8-7-12(14(17)10-13)9-15(18)11-5-3-1-2-4-6-11/h7-8,10-11,15,18H,1-6,9H2. The van der Waals surface area contributed by atoms with E-state index < -0.39 is 6.10 Å². The number of aliphatic hydroxyl groups is 1. The Kier molecular flexibility index (Phi) is 5.02. The minimum absolute atomic E-state index is 0.310. The van der Waals surface area contributed by atoms with Crippen LogP contribution in [-0.2, 0) is 6.42 Å². The number of hydrogen-bond acceptors (Lipinski definition) is 1. The van der Waals surface area contributed by atoms with Gasteiger partial charge in [0.25, 0.3) is 0 Å². The molecule has 2 rings (SSSR count). The van der Waals surface area contributed by atoms with Crippen molar-refractivity contribution in [3.05, 3.63) is 34.6 Å². The molecule has 0 bridgehead atoms. The molecule has 1 unspecified atom stereocenters. The maximum absolute atomic E-state index is 13.7. The third kappa shape index (κ3) is 3.69. The highest BCUT2D eigenvalue weighted by Gasteiger charge is 2.21. The molecule has 0 heterocycles. The molecule has 0 aromatic heterocycles. The van der Waals surface area contributed by atoms with Crippen LogP contribution in [0.3, 0.4) is 0 Å². The first kappa shape index (κ1) is 13.8. The summed E-state index contributed by atoms with van der Waals surface area (Å²) in [6.45, 7) is 0. The van der Waals surface area contributed by atoms with Gasteiger partial charge in [0.2, 0.25) is 0 Å². The lowest BCUT2D eigenvalue weighted by molar-refractivity contribution is 0.0977. The number of rotatable bonds is 3. The Balaban J connectivity index is 1.98. The molecule has 0 amide bonds. The van der Waals surface area contributed by atoms with Crippen LogP contribution in [0.1, 0.15) is 44.1 Å².